The van der Waals surface area contributed by atoms with Crippen molar-refractivity contribution in [1.82, 2.24) is 9.62 Å². The fourth-order valence-electron chi connectivity index (χ4n) is 3.95. The summed E-state index contributed by atoms with van der Waals surface area (Å²) >= 11 is 0. The Morgan fingerprint density at radius 3 is 2.64 bits per heavy atom. The van der Waals surface area contributed by atoms with Crippen molar-refractivity contribution in [2.45, 2.75) is 44.3 Å². The number of hydrogen-bond donors (Lipinski definition) is 1. The first-order valence-corrected chi connectivity index (χ1v) is 10.6. The molecule has 25 heavy (non-hydrogen) atoms. The van der Waals surface area contributed by atoms with Crippen LogP contribution >= 0.6 is 0 Å². The van der Waals surface area contributed by atoms with E-state index >= 15 is 0 Å². The summed E-state index contributed by atoms with van der Waals surface area (Å²) in [5.41, 5.74) is 2.05. The number of carbonyl (C=O) groups excluding carboxylic acids is 1. The normalized spacial score (nSPS) is 23.2. The summed E-state index contributed by atoms with van der Waals surface area (Å²) in [6.45, 7) is 3.06. The second-order valence-electron chi connectivity index (χ2n) is 7.03. The molecular weight excluding hydrogens is 340 g/mol. The van der Waals surface area contributed by atoms with Gasteiger partial charge in [-0.05, 0) is 36.8 Å². The van der Waals surface area contributed by atoms with Crippen LogP contribution in [0.1, 0.15) is 37.3 Å². The first kappa shape index (κ1) is 18.4. The number of piperidine rings is 1. The Hall–Kier alpha value is -1.44. The first-order chi connectivity index (χ1) is 11.8. The van der Waals surface area contributed by atoms with Crippen molar-refractivity contribution >= 4 is 15.9 Å². The smallest absolute Gasteiger partial charge is 0.216 e. The third kappa shape index (κ3) is 4.04. The Kier molecular flexibility index (Phi) is 5.18. The van der Waals surface area contributed by atoms with E-state index in [4.69, 9.17) is 4.74 Å². The van der Waals surface area contributed by atoms with Crippen LogP contribution in [0.15, 0.2) is 24.3 Å². The second kappa shape index (κ2) is 7.05. The van der Waals surface area contributed by atoms with Gasteiger partial charge in [-0.3, -0.25) is 4.79 Å². The van der Waals surface area contributed by atoms with Gasteiger partial charge >= 0.3 is 0 Å². The van der Waals surface area contributed by atoms with Gasteiger partial charge in [0.25, 0.3) is 0 Å². The first-order valence-electron chi connectivity index (χ1n) is 8.76. The van der Waals surface area contributed by atoms with Crippen LogP contribution in [0.2, 0.25) is 0 Å². The lowest BCUT2D eigenvalue weighted by Gasteiger charge is -2.47. The highest BCUT2D eigenvalue weighted by Gasteiger charge is 2.44. The molecule has 1 N–H and O–H groups in total. The Bertz CT molecular complexity index is 739. The van der Waals surface area contributed by atoms with E-state index in [2.05, 4.69) is 17.4 Å². The molecule has 1 amide bonds. The predicted octanol–water partition coefficient (Wildman–Crippen LogP) is 1.40. The molecule has 138 valence electrons. The summed E-state index contributed by atoms with van der Waals surface area (Å²) in [6.07, 6.45) is 4.20. The number of rotatable bonds is 4. The molecule has 7 heteroatoms. The molecule has 3 rings (SSSR count). The highest BCUT2D eigenvalue weighted by atomic mass is 32.2. The van der Waals surface area contributed by atoms with Gasteiger partial charge in [-0.1, -0.05) is 24.3 Å². The fourth-order valence-corrected chi connectivity index (χ4v) is 4.79. The quantitative estimate of drug-likeness (QED) is 0.874. The van der Waals surface area contributed by atoms with Gasteiger partial charge in [0.1, 0.15) is 0 Å². The van der Waals surface area contributed by atoms with E-state index in [9.17, 15) is 13.2 Å². The van der Waals surface area contributed by atoms with E-state index in [-0.39, 0.29) is 12.0 Å². The SMILES string of the molecule is CC(=O)NCC[C@H]1Cc2ccccc2C2(CCN(S(C)(=O)=O)CC2)O1. The summed E-state index contributed by atoms with van der Waals surface area (Å²) in [5, 5.41) is 2.83. The monoisotopic (exact) mass is 366 g/mol. The van der Waals surface area contributed by atoms with Gasteiger partial charge < -0.3 is 10.1 Å². The maximum absolute atomic E-state index is 11.8. The molecule has 0 radical (unpaired) electrons. The minimum Gasteiger partial charge on any atom is -0.367 e. The molecule has 0 aromatic heterocycles. The maximum Gasteiger partial charge on any atom is 0.216 e. The number of carbonyl (C=O) groups is 1. The molecule has 1 saturated heterocycles. The highest BCUT2D eigenvalue weighted by molar-refractivity contribution is 7.88. The van der Waals surface area contributed by atoms with Gasteiger partial charge in [0.05, 0.1) is 18.0 Å². The predicted molar refractivity (Wildman–Crippen MR) is 95.6 cm³/mol. The maximum atomic E-state index is 11.8. The molecule has 1 aromatic carbocycles. The Labute approximate surface area is 149 Å². The van der Waals surface area contributed by atoms with Crippen LogP contribution < -0.4 is 5.32 Å². The van der Waals surface area contributed by atoms with Gasteiger partial charge in [0.15, 0.2) is 0 Å². The molecule has 0 unspecified atom stereocenters. The molecule has 1 fully saturated rings. The lowest BCUT2D eigenvalue weighted by atomic mass is 9.78. The zero-order chi connectivity index (χ0) is 18.1. The van der Waals surface area contributed by atoms with Crippen LogP contribution in [0.3, 0.4) is 0 Å². The van der Waals surface area contributed by atoms with Crippen LogP contribution in [-0.4, -0.2) is 50.6 Å². The van der Waals surface area contributed by atoms with E-state index in [0.29, 0.717) is 32.5 Å². The number of ether oxygens (including phenoxy) is 1. The third-order valence-corrected chi connectivity index (χ3v) is 6.49. The standard InChI is InChI=1S/C18H26N2O4S/c1-14(21)19-10-7-16-13-15-5-3-4-6-17(15)18(24-16)8-11-20(12-9-18)25(2,22)23/h3-6,16H,7-13H2,1-2H3,(H,19,21)/t16-/m0/s1. The molecule has 1 spiro atoms. The van der Waals surface area contributed by atoms with Gasteiger partial charge in [-0.15, -0.1) is 0 Å². The van der Waals surface area contributed by atoms with Crippen molar-refractivity contribution in [1.29, 1.82) is 0 Å². The van der Waals surface area contributed by atoms with E-state index in [0.717, 1.165) is 12.8 Å². The van der Waals surface area contributed by atoms with Gasteiger partial charge in [-0.2, -0.15) is 0 Å². The average molecular weight is 366 g/mol. The van der Waals surface area contributed by atoms with Gasteiger partial charge in [0.2, 0.25) is 15.9 Å². The molecule has 2 aliphatic rings. The molecule has 0 saturated carbocycles. The average Bonchev–Trinajstić information content (AvgIpc) is 2.54. The zero-order valence-electron chi connectivity index (χ0n) is 14.8. The summed E-state index contributed by atoms with van der Waals surface area (Å²) in [4.78, 5) is 11.1. The van der Waals surface area contributed by atoms with Crippen LogP contribution in [-0.2, 0) is 31.6 Å². The molecule has 1 aromatic rings. The van der Waals surface area contributed by atoms with Crippen molar-refractivity contribution in [2.24, 2.45) is 0 Å². The Morgan fingerprint density at radius 2 is 2.00 bits per heavy atom. The third-order valence-electron chi connectivity index (χ3n) is 5.19. The summed E-state index contributed by atoms with van der Waals surface area (Å²) in [5.74, 6) is -0.0348. The van der Waals surface area contributed by atoms with Crippen molar-refractivity contribution in [3.63, 3.8) is 0 Å². The summed E-state index contributed by atoms with van der Waals surface area (Å²) in [7, 11) is -3.17. The van der Waals surface area contributed by atoms with Crippen LogP contribution in [0.25, 0.3) is 0 Å². The zero-order valence-corrected chi connectivity index (χ0v) is 15.6. The van der Waals surface area contributed by atoms with E-state index in [1.54, 1.807) is 0 Å². The second-order valence-corrected chi connectivity index (χ2v) is 9.01. The number of benzene rings is 1. The molecule has 2 heterocycles. The van der Waals surface area contributed by atoms with Crippen molar-refractivity contribution in [3.8, 4) is 0 Å². The summed E-state index contributed by atoms with van der Waals surface area (Å²) < 4.78 is 31.7. The van der Waals surface area contributed by atoms with Gasteiger partial charge in [0, 0.05) is 26.6 Å². The minimum absolute atomic E-state index is 0.0338. The Balaban J connectivity index is 1.79. The van der Waals surface area contributed by atoms with E-state index in [1.807, 2.05) is 12.1 Å². The minimum atomic E-state index is -3.17. The van der Waals surface area contributed by atoms with E-state index in [1.165, 1.54) is 28.6 Å². The lowest BCUT2D eigenvalue weighted by molar-refractivity contribution is -0.135. The molecular formula is C18H26N2O4S. The van der Waals surface area contributed by atoms with Crippen LogP contribution in [0.5, 0.6) is 0 Å². The molecule has 0 aliphatic carbocycles. The van der Waals surface area contributed by atoms with Crippen molar-refractivity contribution in [3.05, 3.63) is 35.4 Å². The van der Waals surface area contributed by atoms with Crippen LogP contribution in [0.4, 0.5) is 0 Å². The molecule has 2 aliphatic heterocycles. The number of hydrogen-bond acceptors (Lipinski definition) is 4. The molecule has 6 nitrogen and oxygen atoms in total. The van der Waals surface area contributed by atoms with Crippen molar-refractivity contribution in [2.75, 3.05) is 25.9 Å². The van der Waals surface area contributed by atoms with Crippen LogP contribution in [0, 0.1) is 0 Å². The van der Waals surface area contributed by atoms with Gasteiger partial charge in [-0.25, -0.2) is 12.7 Å². The Morgan fingerprint density at radius 1 is 1.32 bits per heavy atom. The van der Waals surface area contributed by atoms with E-state index < -0.39 is 15.6 Å². The number of amides is 1. The topological polar surface area (TPSA) is 75.7 Å². The largest absolute Gasteiger partial charge is 0.367 e. The molecule has 0 bridgehead atoms. The number of sulfonamides is 1. The summed E-state index contributed by atoms with van der Waals surface area (Å²) in [6, 6.07) is 8.29. The highest BCUT2D eigenvalue weighted by Crippen LogP contribution is 2.44. The molecule has 1 atom stereocenters. The number of nitrogens with one attached hydrogen (secondary N) is 1. The number of fused-ring (bicyclic) bond motifs is 2. The van der Waals surface area contributed by atoms with Crippen molar-refractivity contribution < 1.29 is 17.9 Å². The fraction of sp³-hybridized carbons (Fsp3) is 0.611. The lowest BCUT2D eigenvalue weighted by Crippen LogP contribution is -2.50. The number of nitrogens with zero attached hydrogens (tertiary/aromatic N) is 1.